The summed E-state index contributed by atoms with van der Waals surface area (Å²) in [6.45, 7) is 0.141. The summed E-state index contributed by atoms with van der Waals surface area (Å²) in [4.78, 5) is 26.2. The summed E-state index contributed by atoms with van der Waals surface area (Å²) in [5, 5.41) is 2.35. The number of nitrogens with one attached hydrogen (secondary N) is 2. The van der Waals surface area contributed by atoms with Gasteiger partial charge >= 0.3 is 6.18 Å². The standard InChI is InChI=1S/C20H15F3N2O3S/c21-20(22,23)13-3-1-11(2-4-13)10-28-15-5-6-16-12(8-15)7-14(24-16)9-17-18(26)25-19(27)29-17/h1-8,17,24H,9-10H2,(H,25,26,27). The average molecular weight is 420 g/mol. The highest BCUT2D eigenvalue weighted by Crippen LogP contribution is 2.30. The van der Waals surface area contributed by atoms with Crippen LogP contribution in [0.2, 0.25) is 0 Å². The van der Waals surface area contributed by atoms with Crippen LogP contribution < -0.4 is 10.1 Å². The molecule has 0 saturated carbocycles. The monoisotopic (exact) mass is 420 g/mol. The zero-order chi connectivity index (χ0) is 20.6. The van der Waals surface area contributed by atoms with Gasteiger partial charge in [-0.15, -0.1) is 0 Å². The summed E-state index contributed by atoms with van der Waals surface area (Å²) in [5.41, 5.74) is 1.61. The van der Waals surface area contributed by atoms with Gasteiger partial charge in [0.05, 0.1) is 10.8 Å². The van der Waals surface area contributed by atoms with Crippen LogP contribution >= 0.6 is 11.8 Å². The van der Waals surface area contributed by atoms with Crippen molar-refractivity contribution in [2.75, 3.05) is 0 Å². The minimum Gasteiger partial charge on any atom is -0.489 e. The smallest absolute Gasteiger partial charge is 0.416 e. The van der Waals surface area contributed by atoms with E-state index in [-0.39, 0.29) is 17.8 Å². The van der Waals surface area contributed by atoms with E-state index in [0.29, 0.717) is 17.7 Å². The van der Waals surface area contributed by atoms with E-state index in [0.717, 1.165) is 40.5 Å². The number of carbonyl (C=O) groups is 2. The van der Waals surface area contributed by atoms with Gasteiger partial charge in [0, 0.05) is 23.0 Å². The van der Waals surface area contributed by atoms with Crippen molar-refractivity contribution < 1.29 is 27.5 Å². The fraction of sp³-hybridized carbons (Fsp3) is 0.200. The van der Waals surface area contributed by atoms with Crippen molar-refractivity contribution in [3.63, 3.8) is 0 Å². The van der Waals surface area contributed by atoms with E-state index in [2.05, 4.69) is 10.3 Å². The second-order valence-electron chi connectivity index (χ2n) is 6.61. The molecule has 1 aromatic heterocycles. The van der Waals surface area contributed by atoms with E-state index >= 15 is 0 Å². The number of hydrogen-bond donors (Lipinski definition) is 2. The molecule has 1 fully saturated rings. The first-order valence-corrected chi connectivity index (χ1v) is 9.58. The average Bonchev–Trinajstić information content (AvgIpc) is 3.21. The number of amides is 2. The van der Waals surface area contributed by atoms with Gasteiger partial charge < -0.3 is 9.72 Å². The molecule has 1 aliphatic heterocycles. The maximum Gasteiger partial charge on any atom is 0.416 e. The Morgan fingerprint density at radius 2 is 1.79 bits per heavy atom. The molecule has 2 N–H and O–H groups in total. The largest absolute Gasteiger partial charge is 0.489 e. The van der Waals surface area contributed by atoms with Crippen LogP contribution in [0.1, 0.15) is 16.8 Å². The van der Waals surface area contributed by atoms with Crippen LogP contribution in [0.25, 0.3) is 10.9 Å². The third-order valence-electron chi connectivity index (χ3n) is 4.51. The number of rotatable bonds is 5. The Bertz CT molecular complexity index is 1080. The predicted molar refractivity (Wildman–Crippen MR) is 103 cm³/mol. The Morgan fingerprint density at radius 3 is 2.45 bits per heavy atom. The molecule has 0 spiro atoms. The molecule has 2 aromatic carbocycles. The predicted octanol–water partition coefficient (Wildman–Crippen LogP) is 4.66. The highest BCUT2D eigenvalue weighted by atomic mass is 32.2. The minimum absolute atomic E-state index is 0.141. The van der Waals surface area contributed by atoms with E-state index in [4.69, 9.17) is 4.74 Å². The van der Waals surface area contributed by atoms with E-state index in [9.17, 15) is 22.8 Å². The number of fused-ring (bicyclic) bond motifs is 1. The Kier molecular flexibility index (Phi) is 4.99. The number of carbonyl (C=O) groups excluding carboxylic acids is 2. The molecular weight excluding hydrogens is 405 g/mol. The maximum atomic E-state index is 12.6. The van der Waals surface area contributed by atoms with Gasteiger partial charge in [-0.1, -0.05) is 23.9 Å². The third kappa shape index (κ3) is 4.40. The highest BCUT2D eigenvalue weighted by molar-refractivity contribution is 8.15. The first-order chi connectivity index (χ1) is 13.8. The second kappa shape index (κ2) is 7.47. The molecule has 0 radical (unpaired) electrons. The number of hydrogen-bond acceptors (Lipinski definition) is 4. The molecule has 0 aliphatic carbocycles. The Hall–Kier alpha value is -2.94. The Labute approximate surface area is 167 Å². The number of aromatic nitrogens is 1. The SMILES string of the molecule is O=C1NC(=O)C(Cc2cc3cc(OCc4ccc(C(F)(F)F)cc4)ccc3[nH]2)S1. The van der Waals surface area contributed by atoms with Crippen molar-refractivity contribution in [1.29, 1.82) is 0 Å². The van der Waals surface area contributed by atoms with E-state index < -0.39 is 17.0 Å². The van der Waals surface area contributed by atoms with Gasteiger partial charge in [0.25, 0.3) is 5.24 Å². The first kappa shape index (κ1) is 19.4. The summed E-state index contributed by atoms with van der Waals surface area (Å²) >= 11 is 0.975. The van der Waals surface area contributed by atoms with Crippen molar-refractivity contribution >= 4 is 33.8 Å². The molecule has 2 heterocycles. The number of imide groups is 1. The second-order valence-corrected chi connectivity index (χ2v) is 7.79. The Morgan fingerprint density at radius 1 is 1.03 bits per heavy atom. The summed E-state index contributed by atoms with van der Waals surface area (Å²) < 4.78 is 43.5. The lowest BCUT2D eigenvalue weighted by Gasteiger charge is -2.09. The van der Waals surface area contributed by atoms with Crippen molar-refractivity contribution in [3.8, 4) is 5.75 Å². The summed E-state index contributed by atoms with van der Waals surface area (Å²) in [5.74, 6) is 0.283. The van der Waals surface area contributed by atoms with Gasteiger partial charge in [0.15, 0.2) is 0 Å². The van der Waals surface area contributed by atoms with Crippen molar-refractivity contribution in [1.82, 2.24) is 10.3 Å². The number of benzene rings is 2. The maximum absolute atomic E-state index is 12.6. The lowest BCUT2D eigenvalue weighted by atomic mass is 10.1. The van der Waals surface area contributed by atoms with Gasteiger partial charge in [0.1, 0.15) is 12.4 Å². The number of ether oxygens (including phenoxy) is 1. The molecule has 9 heteroatoms. The molecule has 1 saturated heterocycles. The van der Waals surface area contributed by atoms with Gasteiger partial charge in [-0.25, -0.2) is 0 Å². The topological polar surface area (TPSA) is 71.2 Å². The molecule has 29 heavy (non-hydrogen) atoms. The molecule has 3 aromatic rings. The van der Waals surface area contributed by atoms with E-state index in [1.807, 2.05) is 18.2 Å². The van der Waals surface area contributed by atoms with Crippen LogP contribution in [0.4, 0.5) is 18.0 Å². The van der Waals surface area contributed by atoms with Crippen LogP contribution in [0.15, 0.2) is 48.5 Å². The number of H-pyrrole nitrogens is 1. The number of thioether (sulfide) groups is 1. The zero-order valence-corrected chi connectivity index (χ0v) is 15.7. The van der Waals surface area contributed by atoms with Crippen molar-refractivity contribution in [3.05, 3.63) is 65.4 Å². The molecular formula is C20H15F3N2O3S. The summed E-state index contributed by atoms with van der Waals surface area (Å²) in [6, 6.07) is 12.1. The highest BCUT2D eigenvalue weighted by Gasteiger charge is 2.32. The summed E-state index contributed by atoms with van der Waals surface area (Å²) in [7, 11) is 0. The number of alkyl halides is 3. The van der Waals surface area contributed by atoms with Crippen molar-refractivity contribution in [2.24, 2.45) is 0 Å². The first-order valence-electron chi connectivity index (χ1n) is 8.70. The van der Waals surface area contributed by atoms with Crippen LogP contribution in [0, 0.1) is 0 Å². The van der Waals surface area contributed by atoms with Gasteiger partial charge in [-0.05, 0) is 42.0 Å². The fourth-order valence-corrected chi connectivity index (χ4v) is 3.90. The van der Waals surface area contributed by atoms with Crippen LogP contribution in [-0.4, -0.2) is 21.4 Å². The van der Waals surface area contributed by atoms with E-state index in [1.165, 1.54) is 12.1 Å². The van der Waals surface area contributed by atoms with Crippen LogP contribution in [0.5, 0.6) is 5.75 Å². The molecule has 150 valence electrons. The zero-order valence-electron chi connectivity index (χ0n) is 14.9. The molecule has 5 nitrogen and oxygen atoms in total. The molecule has 2 amide bonds. The molecule has 1 unspecified atom stereocenters. The van der Waals surface area contributed by atoms with E-state index in [1.54, 1.807) is 6.07 Å². The number of halogens is 3. The molecule has 4 rings (SSSR count). The minimum atomic E-state index is -4.36. The van der Waals surface area contributed by atoms with Gasteiger partial charge in [-0.2, -0.15) is 13.2 Å². The van der Waals surface area contributed by atoms with Crippen molar-refractivity contribution in [2.45, 2.75) is 24.5 Å². The van der Waals surface area contributed by atoms with Gasteiger partial charge in [-0.3, -0.25) is 14.9 Å². The lowest BCUT2D eigenvalue weighted by molar-refractivity contribution is -0.137. The fourth-order valence-electron chi connectivity index (χ4n) is 3.05. The third-order valence-corrected chi connectivity index (χ3v) is 5.49. The summed E-state index contributed by atoms with van der Waals surface area (Å²) in [6.07, 6.45) is -3.96. The van der Waals surface area contributed by atoms with Crippen LogP contribution in [-0.2, 0) is 24.0 Å². The molecule has 1 aliphatic rings. The normalized spacial score (nSPS) is 17.0. The van der Waals surface area contributed by atoms with Crippen LogP contribution in [0.3, 0.4) is 0 Å². The molecule has 0 bridgehead atoms. The number of aromatic amines is 1. The molecule has 1 atom stereocenters. The quantitative estimate of drug-likeness (QED) is 0.630. The Balaban J connectivity index is 1.42. The van der Waals surface area contributed by atoms with Gasteiger partial charge in [0.2, 0.25) is 5.91 Å². The lowest BCUT2D eigenvalue weighted by Crippen LogP contribution is -2.25.